The summed E-state index contributed by atoms with van der Waals surface area (Å²) in [5.74, 6) is 0.721. The van der Waals surface area contributed by atoms with E-state index in [2.05, 4.69) is 58.1 Å². The van der Waals surface area contributed by atoms with Gasteiger partial charge in [-0.3, -0.25) is 9.98 Å². The minimum atomic E-state index is 0.721. The van der Waals surface area contributed by atoms with E-state index in [-0.39, 0.29) is 0 Å². The highest BCUT2D eigenvalue weighted by molar-refractivity contribution is 6.02. The third-order valence-electron chi connectivity index (χ3n) is 2.86. The van der Waals surface area contributed by atoms with Crippen LogP contribution in [0.5, 0.6) is 0 Å². The average Bonchev–Trinajstić information content (AvgIpc) is 2.46. The Hall–Kier alpha value is -2.20. The fraction of sp³-hybridized carbons (Fsp3) is 0.200. The van der Waals surface area contributed by atoms with E-state index in [1.807, 2.05) is 6.07 Å². The van der Waals surface area contributed by atoms with Crippen molar-refractivity contribution in [3.05, 3.63) is 53.9 Å². The Morgan fingerprint density at radius 3 is 2.53 bits per heavy atom. The van der Waals surface area contributed by atoms with E-state index in [9.17, 15) is 0 Å². The minimum Gasteiger partial charge on any atom is -0.305 e. The van der Waals surface area contributed by atoms with Gasteiger partial charge in [-0.25, -0.2) is 5.43 Å². The molecule has 2 rings (SSSR count). The van der Waals surface area contributed by atoms with Crippen molar-refractivity contribution in [3.63, 3.8) is 0 Å². The van der Waals surface area contributed by atoms with E-state index in [0.717, 1.165) is 22.7 Å². The van der Waals surface area contributed by atoms with Crippen LogP contribution in [0.15, 0.2) is 47.6 Å². The van der Waals surface area contributed by atoms with E-state index in [4.69, 9.17) is 0 Å². The van der Waals surface area contributed by atoms with E-state index < -0.39 is 0 Å². The zero-order valence-corrected chi connectivity index (χ0v) is 11.4. The molecular weight excluding hydrogens is 236 g/mol. The lowest BCUT2D eigenvalue weighted by atomic mass is 10.0. The lowest BCUT2D eigenvalue weighted by Crippen LogP contribution is -2.35. The summed E-state index contributed by atoms with van der Waals surface area (Å²) in [6.45, 7) is 2.08. The molecule has 0 spiro atoms. The smallest absolute Gasteiger partial charge is 0.162 e. The molecule has 1 aromatic heterocycles. The SMILES string of the molecule is CN=C(NNC)c1ncccc1-c1ccc(C)cc1. The van der Waals surface area contributed by atoms with Crippen molar-refractivity contribution >= 4 is 5.84 Å². The van der Waals surface area contributed by atoms with Crippen molar-refractivity contribution in [2.75, 3.05) is 14.1 Å². The highest BCUT2D eigenvalue weighted by atomic mass is 15.4. The molecule has 0 radical (unpaired) electrons. The molecule has 2 N–H and O–H groups in total. The molecule has 4 nitrogen and oxygen atoms in total. The van der Waals surface area contributed by atoms with E-state index in [1.165, 1.54) is 5.56 Å². The summed E-state index contributed by atoms with van der Waals surface area (Å²) in [5, 5.41) is 0. The lowest BCUT2D eigenvalue weighted by molar-refractivity contribution is 0.765. The fourth-order valence-electron chi connectivity index (χ4n) is 1.90. The molecule has 1 aromatic carbocycles. The second kappa shape index (κ2) is 6.11. The van der Waals surface area contributed by atoms with Gasteiger partial charge in [-0.1, -0.05) is 35.9 Å². The number of benzene rings is 1. The van der Waals surface area contributed by atoms with Crippen LogP contribution in [0.4, 0.5) is 0 Å². The second-order valence-electron chi connectivity index (χ2n) is 4.21. The van der Waals surface area contributed by atoms with Crippen LogP contribution in [0.2, 0.25) is 0 Å². The molecule has 1 heterocycles. The van der Waals surface area contributed by atoms with Crippen molar-refractivity contribution < 1.29 is 0 Å². The summed E-state index contributed by atoms with van der Waals surface area (Å²) in [6.07, 6.45) is 1.77. The summed E-state index contributed by atoms with van der Waals surface area (Å²) in [4.78, 5) is 8.67. The van der Waals surface area contributed by atoms with Gasteiger partial charge >= 0.3 is 0 Å². The van der Waals surface area contributed by atoms with Gasteiger partial charge in [0.25, 0.3) is 0 Å². The summed E-state index contributed by atoms with van der Waals surface area (Å²) in [6, 6.07) is 12.4. The number of hydrogen-bond donors (Lipinski definition) is 2. The first-order chi connectivity index (χ1) is 9.26. The molecule has 98 valence electrons. The Morgan fingerprint density at radius 2 is 1.89 bits per heavy atom. The second-order valence-corrected chi connectivity index (χ2v) is 4.21. The van der Waals surface area contributed by atoms with Crippen LogP contribution in [0.25, 0.3) is 11.1 Å². The van der Waals surface area contributed by atoms with Gasteiger partial charge in [0.1, 0.15) is 5.69 Å². The number of nitrogens with zero attached hydrogens (tertiary/aromatic N) is 2. The summed E-state index contributed by atoms with van der Waals surface area (Å²) in [5.41, 5.74) is 10.2. The summed E-state index contributed by atoms with van der Waals surface area (Å²) in [7, 11) is 3.55. The number of pyridine rings is 1. The van der Waals surface area contributed by atoms with Gasteiger partial charge in [0.05, 0.1) is 0 Å². The molecule has 0 atom stereocenters. The monoisotopic (exact) mass is 254 g/mol. The zero-order chi connectivity index (χ0) is 13.7. The minimum absolute atomic E-state index is 0.721. The van der Waals surface area contributed by atoms with Gasteiger partial charge in [0.15, 0.2) is 5.84 Å². The Labute approximate surface area is 113 Å². The van der Waals surface area contributed by atoms with Gasteiger partial charge in [-0.15, -0.1) is 0 Å². The van der Waals surface area contributed by atoms with Crippen molar-refractivity contribution in [2.45, 2.75) is 6.92 Å². The van der Waals surface area contributed by atoms with Crippen molar-refractivity contribution in [2.24, 2.45) is 4.99 Å². The average molecular weight is 254 g/mol. The molecule has 0 saturated heterocycles. The summed E-state index contributed by atoms with van der Waals surface area (Å²) >= 11 is 0. The Morgan fingerprint density at radius 1 is 1.16 bits per heavy atom. The first-order valence-electron chi connectivity index (χ1n) is 6.18. The molecule has 0 fully saturated rings. The van der Waals surface area contributed by atoms with E-state index in [0.29, 0.717) is 0 Å². The molecule has 0 amide bonds. The van der Waals surface area contributed by atoms with Crippen LogP contribution in [-0.2, 0) is 0 Å². The molecule has 4 heteroatoms. The highest BCUT2D eigenvalue weighted by Crippen LogP contribution is 2.22. The number of aryl methyl sites for hydroxylation is 1. The maximum absolute atomic E-state index is 4.43. The van der Waals surface area contributed by atoms with Crippen LogP contribution >= 0.6 is 0 Å². The van der Waals surface area contributed by atoms with Crippen LogP contribution in [0, 0.1) is 6.92 Å². The molecule has 0 unspecified atom stereocenters. The lowest BCUT2D eigenvalue weighted by Gasteiger charge is -2.12. The molecular formula is C15H18N4. The Bertz CT molecular complexity index is 573. The molecule has 0 saturated carbocycles. The van der Waals surface area contributed by atoms with Gasteiger partial charge in [-0.05, 0) is 18.6 Å². The first-order valence-corrected chi connectivity index (χ1v) is 6.18. The van der Waals surface area contributed by atoms with Crippen LogP contribution in [-0.4, -0.2) is 24.9 Å². The molecule has 0 aliphatic carbocycles. The number of aliphatic imine (C=N–C) groups is 1. The number of amidine groups is 1. The van der Waals surface area contributed by atoms with Crippen molar-refractivity contribution in [1.29, 1.82) is 0 Å². The highest BCUT2D eigenvalue weighted by Gasteiger charge is 2.11. The predicted octanol–water partition coefficient (Wildman–Crippen LogP) is 2.16. The van der Waals surface area contributed by atoms with Gasteiger partial charge in [-0.2, -0.15) is 0 Å². The number of nitrogens with one attached hydrogen (secondary N) is 2. The third-order valence-corrected chi connectivity index (χ3v) is 2.86. The Kier molecular flexibility index (Phi) is 4.26. The standard InChI is InChI=1S/C15H18N4/c1-11-6-8-12(9-7-11)13-5-4-10-18-14(13)15(16-2)19-17-3/h4-10,17H,1-3H3,(H,16,19). The molecule has 19 heavy (non-hydrogen) atoms. The maximum atomic E-state index is 4.43. The van der Waals surface area contributed by atoms with E-state index in [1.54, 1.807) is 20.3 Å². The van der Waals surface area contributed by atoms with E-state index >= 15 is 0 Å². The normalized spacial score (nSPS) is 11.4. The van der Waals surface area contributed by atoms with Gasteiger partial charge < -0.3 is 5.43 Å². The van der Waals surface area contributed by atoms with Crippen LogP contribution in [0.1, 0.15) is 11.3 Å². The maximum Gasteiger partial charge on any atom is 0.162 e. The zero-order valence-electron chi connectivity index (χ0n) is 11.4. The first kappa shape index (κ1) is 13.2. The number of hydrogen-bond acceptors (Lipinski definition) is 3. The van der Waals surface area contributed by atoms with Gasteiger partial charge in [0, 0.05) is 25.9 Å². The largest absolute Gasteiger partial charge is 0.305 e. The van der Waals surface area contributed by atoms with Crippen LogP contribution < -0.4 is 10.9 Å². The molecule has 0 bridgehead atoms. The van der Waals surface area contributed by atoms with Crippen LogP contribution in [0.3, 0.4) is 0 Å². The summed E-state index contributed by atoms with van der Waals surface area (Å²) < 4.78 is 0. The quantitative estimate of drug-likeness (QED) is 0.501. The Balaban J connectivity index is 2.49. The molecule has 0 aliphatic heterocycles. The molecule has 0 aliphatic rings. The van der Waals surface area contributed by atoms with Gasteiger partial charge in [0.2, 0.25) is 0 Å². The fourth-order valence-corrected chi connectivity index (χ4v) is 1.90. The third kappa shape index (κ3) is 2.98. The van der Waals surface area contributed by atoms with Crippen molar-refractivity contribution in [1.82, 2.24) is 15.8 Å². The number of hydrazine groups is 1. The number of aromatic nitrogens is 1. The predicted molar refractivity (Wildman–Crippen MR) is 79.1 cm³/mol. The number of rotatable bonds is 3. The molecule has 2 aromatic rings. The topological polar surface area (TPSA) is 49.3 Å². The van der Waals surface area contributed by atoms with Crippen molar-refractivity contribution in [3.8, 4) is 11.1 Å².